The number of amides is 1. The summed E-state index contributed by atoms with van der Waals surface area (Å²) >= 11 is 12.1. The zero-order valence-electron chi connectivity index (χ0n) is 15.9. The minimum Gasteiger partial charge on any atom is -0.455 e. The van der Waals surface area contributed by atoms with E-state index in [1.165, 1.54) is 16.4 Å². The van der Waals surface area contributed by atoms with E-state index in [1.807, 2.05) is 0 Å². The van der Waals surface area contributed by atoms with Crippen LogP contribution < -0.4 is 5.32 Å². The molecular formula is C19H24Cl2N2O5S. The normalized spacial score (nSPS) is 19.2. The first kappa shape index (κ1) is 22.3. The predicted molar refractivity (Wildman–Crippen MR) is 109 cm³/mol. The lowest BCUT2D eigenvalue weighted by molar-refractivity contribution is -0.153. The number of esters is 1. The molecule has 3 rings (SSSR count). The fraction of sp³-hybridized carbons (Fsp3) is 0.579. The highest BCUT2D eigenvalue weighted by atomic mass is 35.5. The van der Waals surface area contributed by atoms with Gasteiger partial charge in [0.15, 0.2) is 6.61 Å². The van der Waals surface area contributed by atoms with Crippen LogP contribution >= 0.6 is 23.2 Å². The Morgan fingerprint density at radius 3 is 2.24 bits per heavy atom. The molecule has 10 heteroatoms. The third kappa shape index (κ3) is 5.42. The van der Waals surface area contributed by atoms with Crippen LogP contribution in [-0.4, -0.2) is 50.3 Å². The molecule has 29 heavy (non-hydrogen) atoms. The summed E-state index contributed by atoms with van der Waals surface area (Å²) in [5.41, 5.74) is 0. The van der Waals surface area contributed by atoms with E-state index in [-0.39, 0.29) is 46.6 Å². The number of rotatable bonds is 6. The van der Waals surface area contributed by atoms with Crippen molar-refractivity contribution in [2.45, 2.75) is 49.5 Å². The van der Waals surface area contributed by atoms with Gasteiger partial charge in [-0.05, 0) is 37.8 Å². The fourth-order valence-electron chi connectivity index (χ4n) is 3.78. The maximum Gasteiger partial charge on any atom is 0.309 e. The number of sulfonamides is 1. The third-order valence-electron chi connectivity index (χ3n) is 5.37. The molecule has 1 N–H and O–H groups in total. The van der Waals surface area contributed by atoms with Crippen LogP contribution in [0.15, 0.2) is 23.1 Å². The lowest BCUT2D eigenvalue weighted by Crippen LogP contribution is -2.41. The molecule has 2 fully saturated rings. The number of piperidine rings is 1. The molecule has 1 aliphatic carbocycles. The Bertz CT molecular complexity index is 843. The molecule has 1 aromatic rings. The van der Waals surface area contributed by atoms with E-state index in [9.17, 15) is 18.0 Å². The third-order valence-corrected chi connectivity index (χ3v) is 8.22. The van der Waals surface area contributed by atoms with Gasteiger partial charge in [-0.3, -0.25) is 9.59 Å². The molecule has 2 aliphatic rings. The van der Waals surface area contributed by atoms with Crippen LogP contribution in [0.25, 0.3) is 0 Å². The van der Waals surface area contributed by atoms with Gasteiger partial charge in [-0.15, -0.1) is 0 Å². The number of ether oxygens (including phenoxy) is 1. The van der Waals surface area contributed by atoms with E-state index >= 15 is 0 Å². The fourth-order valence-corrected chi connectivity index (χ4v) is 6.35. The number of nitrogens with one attached hydrogen (secondary N) is 1. The average molecular weight is 463 g/mol. The molecule has 0 radical (unpaired) electrons. The highest BCUT2D eigenvalue weighted by Gasteiger charge is 2.35. The smallest absolute Gasteiger partial charge is 0.309 e. The van der Waals surface area contributed by atoms with Crippen LogP contribution in [0, 0.1) is 5.92 Å². The van der Waals surface area contributed by atoms with Crippen LogP contribution in [0.1, 0.15) is 38.5 Å². The zero-order chi connectivity index (χ0) is 21.0. The van der Waals surface area contributed by atoms with E-state index in [0.29, 0.717) is 12.8 Å². The van der Waals surface area contributed by atoms with E-state index in [0.717, 1.165) is 25.7 Å². The van der Waals surface area contributed by atoms with Crippen LogP contribution in [0.4, 0.5) is 0 Å². The second-order valence-corrected chi connectivity index (χ2v) is 10.1. The van der Waals surface area contributed by atoms with E-state index in [1.54, 1.807) is 6.07 Å². The van der Waals surface area contributed by atoms with Gasteiger partial charge in [0, 0.05) is 19.1 Å². The Morgan fingerprint density at radius 2 is 1.66 bits per heavy atom. The molecule has 7 nitrogen and oxygen atoms in total. The number of hydrogen-bond donors (Lipinski definition) is 1. The summed E-state index contributed by atoms with van der Waals surface area (Å²) in [7, 11) is -3.86. The van der Waals surface area contributed by atoms with Crippen molar-refractivity contribution in [3.63, 3.8) is 0 Å². The standard InChI is InChI=1S/C19H24Cl2N2O5S/c20-15-6-3-7-16(21)18(15)29(26,27)23-10-8-13(9-11-23)19(25)28-12-17(24)22-14-4-1-2-5-14/h3,6-7,13-14H,1-2,4-5,8-12H2,(H,22,24). The first-order valence-corrected chi connectivity index (χ1v) is 11.9. The highest BCUT2D eigenvalue weighted by Crippen LogP contribution is 2.33. The maximum atomic E-state index is 12.9. The number of carbonyl (C=O) groups is 2. The molecule has 160 valence electrons. The first-order valence-electron chi connectivity index (χ1n) is 9.69. The largest absolute Gasteiger partial charge is 0.455 e. The van der Waals surface area contributed by atoms with Gasteiger partial charge in [-0.25, -0.2) is 8.42 Å². The lowest BCUT2D eigenvalue weighted by atomic mass is 9.98. The number of hydrogen-bond acceptors (Lipinski definition) is 5. The van der Waals surface area contributed by atoms with Gasteiger partial charge in [0.05, 0.1) is 16.0 Å². The molecular weight excluding hydrogens is 439 g/mol. The number of benzene rings is 1. The van der Waals surface area contributed by atoms with Crippen molar-refractivity contribution in [1.29, 1.82) is 0 Å². The maximum absolute atomic E-state index is 12.9. The number of carbonyl (C=O) groups excluding carboxylic acids is 2. The molecule has 1 saturated heterocycles. The average Bonchev–Trinajstić information content (AvgIpc) is 3.19. The SMILES string of the molecule is O=C(COC(=O)C1CCN(S(=O)(=O)c2c(Cl)cccc2Cl)CC1)NC1CCCC1. The van der Waals surface area contributed by atoms with E-state index in [4.69, 9.17) is 27.9 Å². The molecule has 0 bridgehead atoms. The number of nitrogens with zero attached hydrogens (tertiary/aromatic N) is 1. The van der Waals surface area contributed by atoms with Gasteiger partial charge >= 0.3 is 5.97 Å². The van der Waals surface area contributed by atoms with E-state index in [2.05, 4.69) is 5.32 Å². The summed E-state index contributed by atoms with van der Waals surface area (Å²) < 4.78 is 32.2. The topological polar surface area (TPSA) is 92.8 Å². The Morgan fingerprint density at radius 1 is 1.07 bits per heavy atom. The molecule has 0 atom stereocenters. The summed E-state index contributed by atoms with van der Waals surface area (Å²) in [6.45, 7) is -0.00107. The van der Waals surface area contributed by atoms with Crippen molar-refractivity contribution < 1.29 is 22.7 Å². The van der Waals surface area contributed by atoms with Gasteiger partial charge < -0.3 is 10.1 Å². The van der Waals surface area contributed by atoms with Crippen molar-refractivity contribution in [2.24, 2.45) is 5.92 Å². The molecule has 0 aromatic heterocycles. The van der Waals surface area contributed by atoms with Crippen LogP contribution in [0.3, 0.4) is 0 Å². The van der Waals surface area contributed by atoms with Gasteiger partial charge in [0.25, 0.3) is 5.91 Å². The van der Waals surface area contributed by atoms with Crippen molar-refractivity contribution in [3.05, 3.63) is 28.2 Å². The van der Waals surface area contributed by atoms with Crippen molar-refractivity contribution in [3.8, 4) is 0 Å². The summed E-state index contributed by atoms with van der Waals surface area (Å²) in [5, 5.41) is 2.99. The van der Waals surface area contributed by atoms with Crippen molar-refractivity contribution in [1.82, 2.24) is 9.62 Å². The van der Waals surface area contributed by atoms with Crippen LogP contribution in [-0.2, 0) is 24.3 Å². The minimum absolute atomic E-state index is 0.0623. The lowest BCUT2D eigenvalue weighted by Gasteiger charge is -2.30. The second-order valence-electron chi connectivity index (χ2n) is 7.39. The molecule has 1 aromatic carbocycles. The molecule has 1 heterocycles. The minimum atomic E-state index is -3.86. The molecule has 1 saturated carbocycles. The van der Waals surface area contributed by atoms with Gasteiger partial charge in [0.1, 0.15) is 4.90 Å². The number of halogens is 2. The summed E-state index contributed by atoms with van der Waals surface area (Å²) in [6.07, 6.45) is 4.75. The Hall–Kier alpha value is -1.35. The summed E-state index contributed by atoms with van der Waals surface area (Å²) in [5.74, 6) is -1.21. The quantitative estimate of drug-likeness (QED) is 0.655. The monoisotopic (exact) mass is 462 g/mol. The summed E-state index contributed by atoms with van der Waals surface area (Å²) in [6, 6.07) is 4.70. The molecule has 0 spiro atoms. The Labute approximate surface area is 180 Å². The highest BCUT2D eigenvalue weighted by molar-refractivity contribution is 7.89. The second kappa shape index (κ2) is 9.64. The Kier molecular flexibility index (Phi) is 7.42. The van der Waals surface area contributed by atoms with Crippen molar-refractivity contribution >= 4 is 45.1 Å². The zero-order valence-corrected chi connectivity index (χ0v) is 18.2. The van der Waals surface area contributed by atoms with Crippen molar-refractivity contribution in [2.75, 3.05) is 19.7 Å². The van der Waals surface area contributed by atoms with Gasteiger partial charge in [-0.2, -0.15) is 4.31 Å². The molecule has 1 amide bonds. The van der Waals surface area contributed by atoms with Crippen LogP contribution in [0.2, 0.25) is 10.0 Å². The predicted octanol–water partition coefficient (Wildman–Crippen LogP) is 3.00. The first-order chi connectivity index (χ1) is 13.8. The van der Waals surface area contributed by atoms with Gasteiger partial charge in [-0.1, -0.05) is 42.1 Å². The molecule has 1 aliphatic heterocycles. The van der Waals surface area contributed by atoms with Gasteiger partial charge in [0.2, 0.25) is 10.0 Å². The van der Waals surface area contributed by atoms with Crippen LogP contribution in [0.5, 0.6) is 0 Å². The Balaban J connectivity index is 1.50. The summed E-state index contributed by atoms with van der Waals surface area (Å²) in [4.78, 5) is 24.0. The van der Waals surface area contributed by atoms with E-state index < -0.39 is 21.9 Å². The molecule has 0 unspecified atom stereocenters.